The summed E-state index contributed by atoms with van der Waals surface area (Å²) in [4.78, 5) is 0. The molecule has 1 saturated carbocycles. The lowest BCUT2D eigenvalue weighted by Crippen LogP contribution is -2.32. The number of nitrogens with one attached hydrogen (secondary N) is 2. The first-order valence-electron chi connectivity index (χ1n) is 6.84. The Morgan fingerprint density at radius 2 is 1.78 bits per heavy atom. The summed E-state index contributed by atoms with van der Waals surface area (Å²) in [6.07, 6.45) is 10.5. The van der Waals surface area contributed by atoms with E-state index in [9.17, 15) is 0 Å². The quantitative estimate of drug-likeness (QED) is 0.553. The van der Waals surface area contributed by atoms with E-state index in [1.807, 2.05) is 6.08 Å². The van der Waals surface area contributed by atoms with Crippen molar-refractivity contribution in [1.29, 1.82) is 5.41 Å². The first-order valence-corrected chi connectivity index (χ1v) is 6.84. The molecule has 100 valence electrons. The van der Waals surface area contributed by atoms with Gasteiger partial charge in [-0.2, -0.15) is 0 Å². The first-order chi connectivity index (χ1) is 8.52. The standard InChI is InChI=1S/C16H26N2/c1-12(2)5-10-16(14(4)11-17)18-15-8-6-13(3)7-9-15/h5,10-11,13,15,17-18H,4,6-9H2,1-3H3/b16-10+,17-11?. The van der Waals surface area contributed by atoms with Crippen LogP contribution in [0.15, 0.2) is 35.6 Å². The summed E-state index contributed by atoms with van der Waals surface area (Å²) >= 11 is 0. The Morgan fingerprint density at radius 1 is 1.17 bits per heavy atom. The third kappa shape index (κ3) is 4.91. The Labute approximate surface area is 111 Å². The van der Waals surface area contributed by atoms with Crippen molar-refractivity contribution in [3.8, 4) is 0 Å². The van der Waals surface area contributed by atoms with E-state index in [0.29, 0.717) is 6.04 Å². The number of hydrogen-bond donors (Lipinski definition) is 2. The first kappa shape index (κ1) is 14.7. The monoisotopic (exact) mass is 246 g/mol. The second kappa shape index (κ2) is 7.20. The highest BCUT2D eigenvalue weighted by Gasteiger charge is 2.18. The lowest BCUT2D eigenvalue weighted by atomic mass is 9.87. The van der Waals surface area contributed by atoms with Crippen LogP contribution in [0.4, 0.5) is 0 Å². The van der Waals surface area contributed by atoms with E-state index in [-0.39, 0.29) is 0 Å². The van der Waals surface area contributed by atoms with Crippen molar-refractivity contribution in [1.82, 2.24) is 5.32 Å². The topological polar surface area (TPSA) is 35.9 Å². The molecule has 0 heterocycles. The molecule has 1 aliphatic carbocycles. The summed E-state index contributed by atoms with van der Waals surface area (Å²) < 4.78 is 0. The van der Waals surface area contributed by atoms with Crippen molar-refractivity contribution in [3.63, 3.8) is 0 Å². The summed E-state index contributed by atoms with van der Waals surface area (Å²) in [6.45, 7) is 10.4. The normalized spacial score (nSPS) is 24.3. The number of hydrogen-bond acceptors (Lipinski definition) is 2. The molecule has 0 atom stereocenters. The fourth-order valence-corrected chi connectivity index (χ4v) is 2.20. The molecule has 1 aliphatic rings. The van der Waals surface area contributed by atoms with E-state index in [1.54, 1.807) is 0 Å². The van der Waals surface area contributed by atoms with E-state index >= 15 is 0 Å². The number of allylic oxidation sites excluding steroid dienone is 4. The minimum atomic E-state index is 0.537. The van der Waals surface area contributed by atoms with Gasteiger partial charge in [0.1, 0.15) is 0 Å². The Balaban J connectivity index is 2.67. The molecular weight excluding hydrogens is 220 g/mol. The Hall–Kier alpha value is -1.31. The van der Waals surface area contributed by atoms with E-state index < -0.39 is 0 Å². The van der Waals surface area contributed by atoms with Crippen LogP contribution < -0.4 is 5.32 Å². The molecule has 2 nitrogen and oxygen atoms in total. The Bertz CT molecular complexity index is 351. The Morgan fingerprint density at radius 3 is 2.28 bits per heavy atom. The van der Waals surface area contributed by atoms with Crippen molar-refractivity contribution >= 4 is 6.21 Å². The van der Waals surface area contributed by atoms with Gasteiger partial charge in [-0.15, -0.1) is 0 Å². The van der Waals surface area contributed by atoms with Crippen LogP contribution in [0.25, 0.3) is 0 Å². The summed E-state index contributed by atoms with van der Waals surface area (Å²) in [7, 11) is 0. The molecule has 0 spiro atoms. The highest BCUT2D eigenvalue weighted by molar-refractivity contribution is 5.81. The maximum absolute atomic E-state index is 7.35. The van der Waals surface area contributed by atoms with Gasteiger partial charge in [0.15, 0.2) is 0 Å². The fraction of sp³-hybridized carbons (Fsp3) is 0.562. The summed E-state index contributed by atoms with van der Waals surface area (Å²) in [5.74, 6) is 0.860. The van der Waals surface area contributed by atoms with Crippen molar-refractivity contribution in [2.75, 3.05) is 0 Å². The zero-order valence-corrected chi connectivity index (χ0v) is 11.9. The molecule has 0 unspecified atom stereocenters. The van der Waals surface area contributed by atoms with Crippen molar-refractivity contribution in [3.05, 3.63) is 35.6 Å². The van der Waals surface area contributed by atoms with Gasteiger partial charge in [-0.3, -0.25) is 0 Å². The van der Waals surface area contributed by atoms with Gasteiger partial charge in [0.2, 0.25) is 0 Å². The van der Waals surface area contributed by atoms with Crippen molar-refractivity contribution in [2.24, 2.45) is 5.92 Å². The highest BCUT2D eigenvalue weighted by atomic mass is 14.9. The molecule has 0 radical (unpaired) electrons. The van der Waals surface area contributed by atoms with Crippen LogP contribution >= 0.6 is 0 Å². The van der Waals surface area contributed by atoms with Crippen molar-refractivity contribution in [2.45, 2.75) is 52.5 Å². The summed E-state index contributed by atoms with van der Waals surface area (Å²) in [6, 6.07) is 0.537. The molecule has 0 aromatic carbocycles. The van der Waals surface area contributed by atoms with Crippen LogP contribution in [0.2, 0.25) is 0 Å². The maximum Gasteiger partial charge on any atom is 0.0425 e. The van der Waals surface area contributed by atoms with Gasteiger partial charge in [0, 0.05) is 23.5 Å². The fourth-order valence-electron chi connectivity index (χ4n) is 2.20. The molecule has 0 aliphatic heterocycles. The van der Waals surface area contributed by atoms with Crippen molar-refractivity contribution < 1.29 is 0 Å². The minimum Gasteiger partial charge on any atom is -0.382 e. The van der Waals surface area contributed by atoms with Crippen LogP contribution in [0.1, 0.15) is 46.5 Å². The van der Waals surface area contributed by atoms with Gasteiger partial charge >= 0.3 is 0 Å². The average Bonchev–Trinajstić information content (AvgIpc) is 2.35. The number of rotatable bonds is 5. The summed E-state index contributed by atoms with van der Waals surface area (Å²) in [5, 5.41) is 10.9. The molecule has 0 aromatic rings. The Kier molecular flexibility index (Phi) is 5.90. The smallest absolute Gasteiger partial charge is 0.0425 e. The van der Waals surface area contributed by atoms with Gasteiger partial charge in [-0.25, -0.2) is 0 Å². The predicted molar refractivity (Wildman–Crippen MR) is 80.0 cm³/mol. The predicted octanol–water partition coefficient (Wildman–Crippen LogP) is 4.21. The molecule has 18 heavy (non-hydrogen) atoms. The van der Waals surface area contributed by atoms with Crippen LogP contribution in [-0.4, -0.2) is 12.3 Å². The van der Waals surface area contributed by atoms with Gasteiger partial charge in [0.05, 0.1) is 0 Å². The van der Waals surface area contributed by atoms with E-state index in [1.165, 1.54) is 37.5 Å². The minimum absolute atomic E-state index is 0.537. The lowest BCUT2D eigenvalue weighted by molar-refractivity contribution is 0.322. The third-order valence-electron chi connectivity index (χ3n) is 3.48. The van der Waals surface area contributed by atoms with Crippen LogP contribution in [0, 0.1) is 11.3 Å². The molecule has 0 bridgehead atoms. The average molecular weight is 246 g/mol. The van der Waals surface area contributed by atoms with Crippen LogP contribution in [0.5, 0.6) is 0 Å². The van der Waals surface area contributed by atoms with Crippen LogP contribution in [0.3, 0.4) is 0 Å². The van der Waals surface area contributed by atoms with E-state index in [2.05, 4.69) is 38.7 Å². The summed E-state index contributed by atoms with van der Waals surface area (Å²) in [5.41, 5.74) is 3.00. The molecule has 2 heteroatoms. The second-order valence-corrected chi connectivity index (χ2v) is 5.60. The SMILES string of the molecule is C=C(C=N)/C(=C\C=C(C)C)NC1CCC(C)CC1. The van der Waals surface area contributed by atoms with Gasteiger partial charge < -0.3 is 10.7 Å². The maximum atomic E-state index is 7.35. The zero-order chi connectivity index (χ0) is 13.5. The molecule has 0 aromatic heterocycles. The highest BCUT2D eigenvalue weighted by Crippen LogP contribution is 2.24. The van der Waals surface area contributed by atoms with Gasteiger partial charge in [0.25, 0.3) is 0 Å². The van der Waals surface area contributed by atoms with E-state index in [4.69, 9.17) is 5.41 Å². The molecule has 1 rings (SSSR count). The molecule has 2 N–H and O–H groups in total. The third-order valence-corrected chi connectivity index (χ3v) is 3.48. The molecule has 0 saturated heterocycles. The molecule has 1 fully saturated rings. The second-order valence-electron chi connectivity index (χ2n) is 5.60. The lowest BCUT2D eigenvalue weighted by Gasteiger charge is -2.28. The van der Waals surface area contributed by atoms with Crippen LogP contribution in [-0.2, 0) is 0 Å². The van der Waals surface area contributed by atoms with Gasteiger partial charge in [-0.05, 0) is 51.5 Å². The molecule has 0 amide bonds. The zero-order valence-electron chi connectivity index (χ0n) is 11.9. The van der Waals surface area contributed by atoms with Gasteiger partial charge in [-0.1, -0.05) is 25.2 Å². The molecular formula is C16H26N2. The largest absolute Gasteiger partial charge is 0.382 e. The van der Waals surface area contributed by atoms with E-state index in [0.717, 1.165) is 17.2 Å².